The average molecular weight is 289 g/mol. The van der Waals surface area contributed by atoms with Crippen LogP contribution in [0.5, 0.6) is 5.75 Å². The number of halogens is 3. The van der Waals surface area contributed by atoms with Crippen molar-refractivity contribution in [3.8, 4) is 5.75 Å². The number of nitrogens with one attached hydrogen (secondary N) is 1. The van der Waals surface area contributed by atoms with Crippen molar-refractivity contribution >= 4 is 5.97 Å². The summed E-state index contributed by atoms with van der Waals surface area (Å²) >= 11 is 0. The molecule has 0 aromatic heterocycles. The second-order valence-electron chi connectivity index (χ2n) is 4.70. The van der Waals surface area contributed by atoms with Crippen LogP contribution in [-0.4, -0.2) is 29.8 Å². The number of hydrogen-bond acceptors (Lipinski definition) is 3. The zero-order valence-electron chi connectivity index (χ0n) is 10.5. The van der Waals surface area contributed by atoms with E-state index >= 15 is 0 Å². The first kappa shape index (κ1) is 14.6. The van der Waals surface area contributed by atoms with Gasteiger partial charge in [0.1, 0.15) is 11.9 Å². The third-order valence-electron chi connectivity index (χ3n) is 3.09. The maximum absolute atomic E-state index is 12.4. The summed E-state index contributed by atoms with van der Waals surface area (Å²) in [7, 11) is 0. The number of carboxylic acid groups (broad SMARTS) is 1. The Morgan fingerprint density at radius 2 is 2.00 bits per heavy atom. The number of hydrogen-bond donors (Lipinski definition) is 2. The van der Waals surface area contributed by atoms with Gasteiger partial charge in [0.15, 0.2) is 0 Å². The number of carbonyl (C=O) groups is 1. The highest BCUT2D eigenvalue weighted by Crippen LogP contribution is 2.30. The van der Waals surface area contributed by atoms with Crippen LogP contribution in [0, 0.1) is 0 Å². The molecule has 1 heterocycles. The molecule has 0 aliphatic carbocycles. The van der Waals surface area contributed by atoms with Gasteiger partial charge in [-0.3, -0.25) is 4.79 Å². The van der Waals surface area contributed by atoms with Crippen molar-refractivity contribution in [1.29, 1.82) is 0 Å². The van der Waals surface area contributed by atoms with Crippen LogP contribution in [0.15, 0.2) is 24.3 Å². The Hall–Kier alpha value is -1.76. The molecule has 2 rings (SSSR count). The molecule has 0 saturated carbocycles. The quantitative estimate of drug-likeness (QED) is 0.893. The van der Waals surface area contributed by atoms with Crippen LogP contribution in [0.3, 0.4) is 0 Å². The Morgan fingerprint density at radius 3 is 2.55 bits per heavy atom. The molecule has 4 nitrogen and oxygen atoms in total. The normalized spacial score (nSPS) is 22.8. The van der Waals surface area contributed by atoms with Crippen molar-refractivity contribution < 1.29 is 27.8 Å². The van der Waals surface area contributed by atoms with Gasteiger partial charge < -0.3 is 15.2 Å². The van der Waals surface area contributed by atoms with Crippen LogP contribution in [0.4, 0.5) is 13.2 Å². The number of aliphatic carboxylic acids is 1. The van der Waals surface area contributed by atoms with Gasteiger partial charge in [0, 0.05) is 19.0 Å². The van der Waals surface area contributed by atoms with Crippen molar-refractivity contribution in [3.05, 3.63) is 29.8 Å². The van der Waals surface area contributed by atoms with E-state index in [2.05, 4.69) is 5.32 Å². The van der Waals surface area contributed by atoms with E-state index in [-0.39, 0.29) is 18.6 Å². The van der Waals surface area contributed by atoms with Gasteiger partial charge in [0.2, 0.25) is 0 Å². The topological polar surface area (TPSA) is 58.6 Å². The summed E-state index contributed by atoms with van der Waals surface area (Å²) in [6.45, 7) is 0.485. The molecule has 1 aromatic carbocycles. The largest absolute Gasteiger partial charge is 0.489 e. The fourth-order valence-corrected chi connectivity index (χ4v) is 2.15. The molecule has 110 valence electrons. The maximum atomic E-state index is 12.4. The van der Waals surface area contributed by atoms with Gasteiger partial charge in [-0.15, -0.1) is 0 Å². The first-order valence-electron chi connectivity index (χ1n) is 6.13. The summed E-state index contributed by atoms with van der Waals surface area (Å²) in [4.78, 5) is 10.6. The lowest BCUT2D eigenvalue weighted by molar-refractivity contribution is -0.138. The van der Waals surface area contributed by atoms with Gasteiger partial charge in [-0.1, -0.05) is 0 Å². The van der Waals surface area contributed by atoms with Crippen molar-refractivity contribution in [1.82, 2.24) is 5.32 Å². The predicted octanol–water partition coefficient (Wildman–Crippen LogP) is 2.29. The fraction of sp³-hybridized carbons (Fsp3) is 0.462. The molecule has 1 aliphatic rings. The minimum Gasteiger partial charge on any atom is -0.489 e. The number of benzene rings is 1. The highest BCUT2D eigenvalue weighted by Gasteiger charge is 2.30. The molecule has 7 heteroatoms. The Bertz CT molecular complexity index is 473. The van der Waals surface area contributed by atoms with E-state index in [0.29, 0.717) is 18.7 Å². The van der Waals surface area contributed by atoms with Crippen LogP contribution in [0.1, 0.15) is 18.4 Å². The highest BCUT2D eigenvalue weighted by atomic mass is 19.4. The SMILES string of the molecule is O=C(O)C[C@@H]1C[C@H](Oc2ccc(C(F)(F)F)cc2)CN1. The molecular weight excluding hydrogens is 275 g/mol. The lowest BCUT2D eigenvalue weighted by atomic mass is 10.1. The first-order chi connectivity index (χ1) is 9.34. The first-order valence-corrected chi connectivity index (χ1v) is 6.13. The summed E-state index contributed by atoms with van der Waals surface area (Å²) < 4.78 is 42.7. The van der Waals surface area contributed by atoms with Gasteiger partial charge in [-0.2, -0.15) is 13.2 Å². The molecule has 1 saturated heterocycles. The summed E-state index contributed by atoms with van der Waals surface area (Å²) in [5, 5.41) is 11.7. The molecule has 0 unspecified atom stereocenters. The summed E-state index contributed by atoms with van der Waals surface area (Å²) in [5.74, 6) is -0.543. The van der Waals surface area contributed by atoms with Crippen LogP contribution < -0.4 is 10.1 Å². The summed E-state index contributed by atoms with van der Waals surface area (Å²) in [6, 6.07) is 4.31. The van der Waals surface area contributed by atoms with E-state index in [1.807, 2.05) is 0 Å². The second-order valence-corrected chi connectivity index (χ2v) is 4.70. The van der Waals surface area contributed by atoms with Crippen molar-refractivity contribution in [3.63, 3.8) is 0 Å². The van der Waals surface area contributed by atoms with E-state index in [1.165, 1.54) is 12.1 Å². The lowest BCUT2D eigenvalue weighted by Gasteiger charge is -2.14. The molecule has 1 fully saturated rings. The van der Waals surface area contributed by atoms with Crippen LogP contribution in [0.2, 0.25) is 0 Å². The van der Waals surface area contributed by atoms with Gasteiger partial charge in [-0.25, -0.2) is 0 Å². The third-order valence-corrected chi connectivity index (χ3v) is 3.09. The Morgan fingerprint density at radius 1 is 1.35 bits per heavy atom. The van der Waals surface area contributed by atoms with Crippen LogP contribution >= 0.6 is 0 Å². The molecule has 0 radical (unpaired) electrons. The summed E-state index contributed by atoms with van der Waals surface area (Å²) in [6.07, 6.45) is -4.06. The number of alkyl halides is 3. The Labute approximate surface area is 113 Å². The average Bonchev–Trinajstić information content (AvgIpc) is 2.75. The minimum atomic E-state index is -4.36. The molecule has 20 heavy (non-hydrogen) atoms. The van der Waals surface area contributed by atoms with Gasteiger partial charge in [-0.05, 0) is 24.3 Å². The molecular formula is C13H14F3NO3. The Balaban J connectivity index is 1.90. The molecule has 2 atom stereocenters. The molecule has 2 N–H and O–H groups in total. The van der Waals surface area contributed by atoms with Crippen LogP contribution in [-0.2, 0) is 11.0 Å². The van der Waals surface area contributed by atoms with Crippen molar-refractivity contribution in [2.75, 3.05) is 6.54 Å². The number of ether oxygens (including phenoxy) is 1. The highest BCUT2D eigenvalue weighted by molar-refractivity contribution is 5.67. The standard InChI is InChI=1S/C13H14F3NO3/c14-13(15,16)8-1-3-10(4-2-8)20-11-5-9(17-7-11)6-12(18)19/h1-4,9,11,17H,5-7H2,(H,18,19)/t9-,11-/m0/s1. The van der Waals surface area contributed by atoms with Crippen LogP contribution in [0.25, 0.3) is 0 Å². The zero-order valence-corrected chi connectivity index (χ0v) is 10.5. The van der Waals surface area contributed by atoms with E-state index < -0.39 is 17.7 Å². The van der Waals surface area contributed by atoms with E-state index in [4.69, 9.17) is 9.84 Å². The lowest BCUT2D eigenvalue weighted by Crippen LogP contribution is -2.24. The van der Waals surface area contributed by atoms with Gasteiger partial charge in [0.25, 0.3) is 0 Å². The summed E-state index contributed by atoms with van der Waals surface area (Å²) in [5.41, 5.74) is -0.724. The van der Waals surface area contributed by atoms with Gasteiger partial charge >= 0.3 is 12.1 Å². The predicted molar refractivity (Wildman–Crippen MR) is 64.5 cm³/mol. The third kappa shape index (κ3) is 3.86. The van der Waals surface area contributed by atoms with Gasteiger partial charge in [0.05, 0.1) is 12.0 Å². The molecule has 1 aromatic rings. The monoisotopic (exact) mass is 289 g/mol. The molecule has 1 aliphatic heterocycles. The Kier molecular flexibility index (Phi) is 4.17. The fourth-order valence-electron chi connectivity index (χ4n) is 2.15. The van der Waals surface area contributed by atoms with Crippen molar-refractivity contribution in [2.24, 2.45) is 0 Å². The van der Waals surface area contributed by atoms with E-state index in [9.17, 15) is 18.0 Å². The molecule has 0 spiro atoms. The molecule has 0 amide bonds. The van der Waals surface area contributed by atoms with E-state index in [1.54, 1.807) is 0 Å². The number of rotatable bonds is 4. The van der Waals surface area contributed by atoms with E-state index in [0.717, 1.165) is 12.1 Å². The zero-order chi connectivity index (χ0) is 14.8. The smallest absolute Gasteiger partial charge is 0.416 e. The van der Waals surface area contributed by atoms with Crippen molar-refractivity contribution in [2.45, 2.75) is 31.2 Å². The maximum Gasteiger partial charge on any atom is 0.416 e. The minimum absolute atomic E-state index is 0.00682. The second kappa shape index (κ2) is 5.70. The number of carboxylic acids is 1. The molecule has 0 bridgehead atoms.